The summed E-state index contributed by atoms with van der Waals surface area (Å²) in [4.78, 5) is 2.36. The van der Waals surface area contributed by atoms with Gasteiger partial charge in [-0.3, -0.25) is 9.58 Å². The summed E-state index contributed by atoms with van der Waals surface area (Å²) in [6.45, 7) is 6.14. The fraction of sp³-hybridized carbons (Fsp3) is 0.769. The lowest BCUT2D eigenvalue weighted by atomic mass is 9.93. The molecule has 0 aromatic carbocycles. The van der Waals surface area contributed by atoms with Crippen LogP contribution in [0.3, 0.4) is 0 Å². The Hall–Kier alpha value is -0.870. The number of nitrogens with two attached hydrogens (primary N) is 1. The molecule has 98 valence electrons. The fourth-order valence-corrected chi connectivity index (χ4v) is 2.52. The summed E-state index contributed by atoms with van der Waals surface area (Å²) >= 11 is 0. The van der Waals surface area contributed by atoms with E-state index in [1.54, 1.807) is 0 Å². The fourth-order valence-electron chi connectivity index (χ4n) is 2.52. The lowest BCUT2D eigenvalue weighted by Crippen LogP contribution is -2.42. The van der Waals surface area contributed by atoms with E-state index < -0.39 is 0 Å². The standard InChI is InChI=1S/C13H26N4/c1-5-12(6-2)13(7-14)16(3)9-11-8-15-17(4)10-11/h8,10,12-13H,5-7,9,14H2,1-4H3. The topological polar surface area (TPSA) is 47.1 Å². The van der Waals surface area contributed by atoms with E-state index in [-0.39, 0.29) is 0 Å². The molecule has 0 fully saturated rings. The third-order valence-corrected chi connectivity index (χ3v) is 3.59. The maximum Gasteiger partial charge on any atom is 0.0534 e. The van der Waals surface area contributed by atoms with E-state index >= 15 is 0 Å². The van der Waals surface area contributed by atoms with Crippen molar-refractivity contribution in [2.45, 2.75) is 39.3 Å². The second kappa shape index (κ2) is 6.77. The Bertz CT molecular complexity index is 317. The van der Waals surface area contributed by atoms with Crippen LogP contribution < -0.4 is 5.73 Å². The molecule has 0 saturated heterocycles. The smallest absolute Gasteiger partial charge is 0.0534 e. The highest BCUT2D eigenvalue weighted by Gasteiger charge is 2.21. The first-order valence-electron chi connectivity index (χ1n) is 6.50. The molecule has 0 saturated carbocycles. The van der Waals surface area contributed by atoms with Gasteiger partial charge in [0, 0.05) is 37.9 Å². The number of nitrogens with zero attached hydrogens (tertiary/aromatic N) is 3. The summed E-state index contributed by atoms with van der Waals surface area (Å²) in [7, 11) is 4.10. The predicted molar refractivity (Wildman–Crippen MR) is 71.6 cm³/mol. The monoisotopic (exact) mass is 238 g/mol. The molecule has 1 heterocycles. The van der Waals surface area contributed by atoms with Gasteiger partial charge in [-0.05, 0) is 13.0 Å². The van der Waals surface area contributed by atoms with Crippen molar-refractivity contribution in [2.75, 3.05) is 13.6 Å². The Morgan fingerprint density at radius 1 is 1.41 bits per heavy atom. The van der Waals surface area contributed by atoms with Crippen molar-refractivity contribution in [3.63, 3.8) is 0 Å². The van der Waals surface area contributed by atoms with E-state index in [9.17, 15) is 0 Å². The molecule has 1 aromatic heterocycles. The van der Waals surface area contributed by atoms with Crippen LogP contribution in [0.25, 0.3) is 0 Å². The van der Waals surface area contributed by atoms with Gasteiger partial charge in [0.1, 0.15) is 0 Å². The zero-order chi connectivity index (χ0) is 12.8. The minimum absolute atomic E-state index is 0.463. The zero-order valence-corrected chi connectivity index (χ0v) is 11.6. The Morgan fingerprint density at radius 3 is 2.47 bits per heavy atom. The van der Waals surface area contributed by atoms with Gasteiger partial charge in [-0.1, -0.05) is 26.7 Å². The third kappa shape index (κ3) is 3.82. The first kappa shape index (κ1) is 14.2. The highest BCUT2D eigenvalue weighted by molar-refractivity contribution is 5.03. The number of rotatable bonds is 7. The van der Waals surface area contributed by atoms with Crippen LogP contribution >= 0.6 is 0 Å². The number of hydrogen-bond acceptors (Lipinski definition) is 3. The maximum absolute atomic E-state index is 5.92. The summed E-state index contributed by atoms with van der Waals surface area (Å²) in [6.07, 6.45) is 6.37. The summed E-state index contributed by atoms with van der Waals surface area (Å²) in [5.41, 5.74) is 7.17. The Labute approximate surface area is 105 Å². The molecule has 0 bridgehead atoms. The van der Waals surface area contributed by atoms with Gasteiger partial charge in [-0.25, -0.2) is 0 Å². The van der Waals surface area contributed by atoms with E-state index in [0.717, 1.165) is 13.1 Å². The van der Waals surface area contributed by atoms with E-state index in [2.05, 4.69) is 37.1 Å². The van der Waals surface area contributed by atoms with Crippen LogP contribution in [0.1, 0.15) is 32.3 Å². The molecule has 2 N–H and O–H groups in total. The lowest BCUT2D eigenvalue weighted by Gasteiger charge is -2.32. The van der Waals surface area contributed by atoms with Gasteiger partial charge in [0.05, 0.1) is 6.20 Å². The Morgan fingerprint density at radius 2 is 2.06 bits per heavy atom. The van der Waals surface area contributed by atoms with Crippen LogP contribution in [0.15, 0.2) is 12.4 Å². The lowest BCUT2D eigenvalue weighted by molar-refractivity contribution is 0.165. The SMILES string of the molecule is CCC(CC)C(CN)N(C)Cc1cnn(C)c1. The Kier molecular flexibility index (Phi) is 5.65. The molecule has 17 heavy (non-hydrogen) atoms. The number of aromatic nitrogens is 2. The largest absolute Gasteiger partial charge is 0.329 e. The first-order valence-corrected chi connectivity index (χ1v) is 6.50. The van der Waals surface area contributed by atoms with Gasteiger partial charge in [-0.15, -0.1) is 0 Å². The van der Waals surface area contributed by atoms with Crippen LogP contribution in [0.2, 0.25) is 0 Å². The van der Waals surface area contributed by atoms with Crippen LogP contribution in [0, 0.1) is 5.92 Å². The summed E-state index contributed by atoms with van der Waals surface area (Å²) in [5.74, 6) is 0.682. The molecule has 4 nitrogen and oxygen atoms in total. The second-order valence-electron chi connectivity index (χ2n) is 4.82. The van der Waals surface area contributed by atoms with Crippen molar-refractivity contribution in [2.24, 2.45) is 18.7 Å². The van der Waals surface area contributed by atoms with Crippen LogP contribution in [-0.4, -0.2) is 34.3 Å². The average Bonchev–Trinajstić information content (AvgIpc) is 2.71. The molecule has 0 spiro atoms. The van der Waals surface area contributed by atoms with Gasteiger partial charge >= 0.3 is 0 Å². The van der Waals surface area contributed by atoms with Gasteiger partial charge in [0.15, 0.2) is 0 Å². The van der Waals surface area contributed by atoms with Crippen molar-refractivity contribution >= 4 is 0 Å². The molecule has 4 heteroatoms. The van der Waals surface area contributed by atoms with E-state index in [1.807, 2.05) is 17.9 Å². The molecular weight excluding hydrogens is 212 g/mol. The third-order valence-electron chi connectivity index (χ3n) is 3.59. The maximum atomic E-state index is 5.92. The highest BCUT2D eigenvalue weighted by atomic mass is 15.2. The minimum Gasteiger partial charge on any atom is -0.329 e. The molecule has 0 aliphatic rings. The first-order chi connectivity index (χ1) is 8.12. The van der Waals surface area contributed by atoms with Gasteiger partial charge < -0.3 is 5.73 Å². The normalized spacial score (nSPS) is 13.6. The predicted octanol–water partition coefficient (Wildman–Crippen LogP) is 1.62. The highest BCUT2D eigenvalue weighted by Crippen LogP contribution is 2.18. The van der Waals surface area contributed by atoms with Crippen molar-refractivity contribution in [1.29, 1.82) is 0 Å². The Balaban J connectivity index is 2.62. The molecule has 0 aliphatic carbocycles. The van der Waals surface area contributed by atoms with E-state index in [0.29, 0.717) is 12.0 Å². The number of likely N-dealkylation sites (N-methyl/N-ethyl adjacent to an activating group) is 1. The molecule has 0 radical (unpaired) electrons. The molecule has 1 atom stereocenters. The summed E-state index contributed by atoms with van der Waals surface area (Å²) in [5, 5.41) is 4.20. The zero-order valence-electron chi connectivity index (χ0n) is 11.6. The van der Waals surface area contributed by atoms with Crippen molar-refractivity contribution < 1.29 is 0 Å². The van der Waals surface area contributed by atoms with E-state index in [4.69, 9.17) is 5.73 Å². The van der Waals surface area contributed by atoms with Crippen LogP contribution in [0.4, 0.5) is 0 Å². The van der Waals surface area contributed by atoms with Gasteiger partial charge in [-0.2, -0.15) is 5.10 Å². The quantitative estimate of drug-likeness (QED) is 0.785. The van der Waals surface area contributed by atoms with Crippen molar-refractivity contribution in [1.82, 2.24) is 14.7 Å². The van der Waals surface area contributed by atoms with Crippen molar-refractivity contribution in [3.8, 4) is 0 Å². The number of hydrogen-bond donors (Lipinski definition) is 1. The second-order valence-corrected chi connectivity index (χ2v) is 4.82. The number of aryl methyl sites for hydroxylation is 1. The van der Waals surface area contributed by atoms with Crippen LogP contribution in [-0.2, 0) is 13.6 Å². The van der Waals surface area contributed by atoms with Crippen LogP contribution in [0.5, 0.6) is 0 Å². The summed E-state index contributed by atoms with van der Waals surface area (Å²) in [6, 6.07) is 0.463. The summed E-state index contributed by atoms with van der Waals surface area (Å²) < 4.78 is 1.84. The average molecular weight is 238 g/mol. The molecular formula is C13H26N4. The van der Waals surface area contributed by atoms with Gasteiger partial charge in [0.25, 0.3) is 0 Å². The van der Waals surface area contributed by atoms with E-state index in [1.165, 1.54) is 18.4 Å². The minimum atomic E-state index is 0.463. The molecule has 1 aromatic rings. The molecule has 1 unspecified atom stereocenters. The molecule has 0 amide bonds. The molecule has 0 aliphatic heterocycles. The molecule has 1 rings (SSSR count). The van der Waals surface area contributed by atoms with Crippen molar-refractivity contribution in [3.05, 3.63) is 18.0 Å². The van der Waals surface area contributed by atoms with Gasteiger partial charge in [0.2, 0.25) is 0 Å².